The molecule has 0 bridgehead atoms. The molecule has 0 aromatic carbocycles. The quantitative estimate of drug-likeness (QED) is 0.869. The summed E-state index contributed by atoms with van der Waals surface area (Å²) in [7, 11) is 1.77. The van der Waals surface area contributed by atoms with Gasteiger partial charge in [-0.2, -0.15) is 10.2 Å². The number of aromatic nitrogens is 4. The average molecular weight is 276 g/mol. The van der Waals surface area contributed by atoms with Gasteiger partial charge in [-0.15, -0.1) is 0 Å². The molecule has 0 fully saturated rings. The Morgan fingerprint density at radius 1 is 1.40 bits per heavy atom. The van der Waals surface area contributed by atoms with Crippen LogP contribution in [-0.4, -0.2) is 37.4 Å². The molecule has 1 amide bonds. The summed E-state index contributed by atoms with van der Waals surface area (Å²) in [6.07, 6.45) is 5.50. The largest absolute Gasteiger partial charge is 0.382 e. The monoisotopic (exact) mass is 276 g/mol. The van der Waals surface area contributed by atoms with E-state index in [2.05, 4.69) is 10.2 Å². The van der Waals surface area contributed by atoms with Gasteiger partial charge in [0.1, 0.15) is 12.4 Å². The first-order valence-corrected chi connectivity index (χ1v) is 6.54. The van der Waals surface area contributed by atoms with Gasteiger partial charge in [-0.1, -0.05) is 0 Å². The Morgan fingerprint density at radius 3 is 2.70 bits per heavy atom. The van der Waals surface area contributed by atoms with Crippen molar-refractivity contribution >= 4 is 11.7 Å². The minimum absolute atomic E-state index is 0.0169. The first-order valence-electron chi connectivity index (χ1n) is 6.54. The molecular formula is C13H20N6O. The highest BCUT2D eigenvalue weighted by Gasteiger charge is 2.12. The van der Waals surface area contributed by atoms with E-state index in [-0.39, 0.29) is 12.5 Å². The fraction of sp³-hybridized carbons (Fsp3) is 0.462. The second-order valence-corrected chi connectivity index (χ2v) is 4.85. The lowest BCUT2D eigenvalue weighted by molar-refractivity contribution is -0.131. The molecule has 0 radical (unpaired) electrons. The summed E-state index contributed by atoms with van der Waals surface area (Å²) in [6.45, 7) is 5.44. The van der Waals surface area contributed by atoms with Crippen molar-refractivity contribution < 1.29 is 4.79 Å². The van der Waals surface area contributed by atoms with Gasteiger partial charge in [0.2, 0.25) is 5.91 Å². The summed E-state index contributed by atoms with van der Waals surface area (Å²) in [5.41, 5.74) is 7.56. The lowest BCUT2D eigenvalue weighted by Gasteiger charge is -2.16. The topological polar surface area (TPSA) is 82.0 Å². The number of likely N-dealkylation sites (N-methyl/N-ethyl adjacent to an activating group) is 1. The predicted octanol–water partition coefficient (Wildman–Crippen LogP) is 0.649. The van der Waals surface area contributed by atoms with E-state index >= 15 is 0 Å². The van der Waals surface area contributed by atoms with Crippen molar-refractivity contribution in [2.75, 3.05) is 12.8 Å². The molecule has 0 spiro atoms. The molecular weight excluding hydrogens is 256 g/mol. The summed E-state index contributed by atoms with van der Waals surface area (Å²) in [5, 5.41) is 8.28. The maximum Gasteiger partial charge on any atom is 0.244 e. The molecule has 20 heavy (non-hydrogen) atoms. The number of hydrogen-bond donors (Lipinski definition) is 1. The Hall–Kier alpha value is -2.31. The summed E-state index contributed by atoms with van der Waals surface area (Å²) in [5.74, 6) is 0.446. The third-order valence-electron chi connectivity index (χ3n) is 3.14. The lowest BCUT2D eigenvalue weighted by Crippen LogP contribution is -2.29. The van der Waals surface area contributed by atoms with E-state index in [1.165, 1.54) is 0 Å². The third-order valence-corrected chi connectivity index (χ3v) is 3.14. The second kappa shape index (κ2) is 5.77. The van der Waals surface area contributed by atoms with Gasteiger partial charge in [-0.05, 0) is 13.8 Å². The molecule has 2 aromatic rings. The van der Waals surface area contributed by atoms with Crippen molar-refractivity contribution in [3.8, 4) is 0 Å². The number of carbonyl (C=O) groups excluding carboxylic acids is 1. The molecule has 7 heteroatoms. The van der Waals surface area contributed by atoms with Crippen LogP contribution >= 0.6 is 0 Å². The van der Waals surface area contributed by atoms with Crippen LogP contribution in [-0.2, 0) is 24.4 Å². The van der Waals surface area contributed by atoms with Gasteiger partial charge >= 0.3 is 0 Å². The minimum Gasteiger partial charge on any atom is -0.382 e. The van der Waals surface area contributed by atoms with Crippen LogP contribution in [0.15, 0.2) is 18.6 Å². The summed E-state index contributed by atoms with van der Waals surface area (Å²) >= 11 is 0. The zero-order chi connectivity index (χ0) is 14.7. The Morgan fingerprint density at radius 2 is 2.15 bits per heavy atom. The molecule has 7 nitrogen and oxygen atoms in total. The number of nitrogen functional groups attached to an aromatic ring is 1. The van der Waals surface area contributed by atoms with E-state index in [1.54, 1.807) is 29.0 Å². The van der Waals surface area contributed by atoms with Crippen molar-refractivity contribution in [1.82, 2.24) is 24.5 Å². The molecule has 2 aromatic heterocycles. The van der Waals surface area contributed by atoms with Gasteiger partial charge in [-0.25, -0.2) is 0 Å². The van der Waals surface area contributed by atoms with Crippen molar-refractivity contribution in [3.05, 3.63) is 29.7 Å². The van der Waals surface area contributed by atoms with Crippen LogP contribution in [0, 0.1) is 6.92 Å². The molecule has 0 saturated carbocycles. The zero-order valence-corrected chi connectivity index (χ0v) is 12.1. The molecule has 0 aliphatic carbocycles. The predicted molar refractivity (Wildman–Crippen MR) is 75.8 cm³/mol. The average Bonchev–Trinajstić information content (AvgIpc) is 2.97. The fourth-order valence-corrected chi connectivity index (χ4v) is 1.90. The minimum atomic E-state index is -0.0169. The van der Waals surface area contributed by atoms with Crippen molar-refractivity contribution in [2.45, 2.75) is 33.5 Å². The third kappa shape index (κ3) is 3.17. The number of nitrogens with zero attached hydrogens (tertiary/aromatic N) is 5. The van der Waals surface area contributed by atoms with Crippen LogP contribution in [0.25, 0.3) is 0 Å². The molecule has 0 atom stereocenters. The number of anilines is 1. The molecule has 2 heterocycles. The molecule has 0 unspecified atom stereocenters. The number of rotatable bonds is 5. The maximum absolute atomic E-state index is 12.1. The van der Waals surface area contributed by atoms with Crippen LogP contribution < -0.4 is 5.73 Å². The number of aryl methyl sites for hydroxylation is 2. The fourth-order valence-electron chi connectivity index (χ4n) is 1.90. The van der Waals surface area contributed by atoms with E-state index in [0.717, 1.165) is 17.7 Å². The summed E-state index contributed by atoms with van der Waals surface area (Å²) in [4.78, 5) is 13.8. The Kier molecular flexibility index (Phi) is 4.07. The summed E-state index contributed by atoms with van der Waals surface area (Å²) < 4.78 is 3.41. The Balaban J connectivity index is 1.94. The van der Waals surface area contributed by atoms with E-state index in [4.69, 9.17) is 5.73 Å². The highest BCUT2D eigenvalue weighted by Crippen LogP contribution is 2.07. The number of hydrogen-bond acceptors (Lipinski definition) is 4. The van der Waals surface area contributed by atoms with Crippen molar-refractivity contribution in [3.63, 3.8) is 0 Å². The van der Waals surface area contributed by atoms with Crippen LogP contribution in [0.1, 0.15) is 18.1 Å². The zero-order valence-electron chi connectivity index (χ0n) is 12.1. The number of amides is 1. The standard InChI is InChI=1S/C13H20N6O/c1-4-18-8-11(5-15-18)7-17(3)12(20)9-19-6-10(2)13(14)16-19/h5-6,8H,4,7,9H2,1-3H3,(H2,14,16). The SMILES string of the molecule is CCn1cc(CN(C)C(=O)Cn2cc(C)c(N)n2)cn1. The first kappa shape index (κ1) is 14.1. The van der Waals surface area contributed by atoms with Crippen LogP contribution in [0.2, 0.25) is 0 Å². The highest BCUT2D eigenvalue weighted by molar-refractivity contribution is 5.75. The number of carbonyl (C=O) groups is 1. The van der Waals surface area contributed by atoms with Gasteiger partial charge < -0.3 is 10.6 Å². The van der Waals surface area contributed by atoms with Crippen molar-refractivity contribution in [1.29, 1.82) is 0 Å². The Labute approximate surface area is 118 Å². The molecule has 0 saturated heterocycles. The van der Waals surface area contributed by atoms with Gasteiger partial charge in [0, 0.05) is 43.7 Å². The van der Waals surface area contributed by atoms with Gasteiger partial charge in [0.05, 0.1) is 6.20 Å². The molecule has 0 aliphatic heterocycles. The van der Waals surface area contributed by atoms with Gasteiger partial charge in [-0.3, -0.25) is 14.2 Å². The molecule has 108 valence electrons. The second-order valence-electron chi connectivity index (χ2n) is 4.85. The van der Waals surface area contributed by atoms with E-state index in [9.17, 15) is 4.79 Å². The Bertz CT molecular complexity index is 580. The van der Waals surface area contributed by atoms with Crippen molar-refractivity contribution in [2.24, 2.45) is 0 Å². The molecule has 2 rings (SSSR count). The molecule has 0 aliphatic rings. The van der Waals surface area contributed by atoms with E-state index in [0.29, 0.717) is 12.4 Å². The van der Waals surface area contributed by atoms with E-state index < -0.39 is 0 Å². The van der Waals surface area contributed by atoms with Crippen LogP contribution in [0.3, 0.4) is 0 Å². The number of nitrogens with two attached hydrogens (primary N) is 1. The van der Waals surface area contributed by atoms with E-state index in [1.807, 2.05) is 24.7 Å². The summed E-state index contributed by atoms with van der Waals surface area (Å²) in [6, 6.07) is 0. The van der Waals surface area contributed by atoms with Crippen LogP contribution in [0.4, 0.5) is 5.82 Å². The highest BCUT2D eigenvalue weighted by atomic mass is 16.2. The normalized spacial score (nSPS) is 10.8. The van der Waals surface area contributed by atoms with Gasteiger partial charge in [0.25, 0.3) is 0 Å². The maximum atomic E-state index is 12.1. The van der Waals surface area contributed by atoms with Crippen LogP contribution in [0.5, 0.6) is 0 Å². The lowest BCUT2D eigenvalue weighted by atomic mass is 10.3. The molecule has 2 N–H and O–H groups in total. The first-order chi connectivity index (χ1) is 9.49. The van der Waals surface area contributed by atoms with Gasteiger partial charge in [0.15, 0.2) is 0 Å². The smallest absolute Gasteiger partial charge is 0.244 e.